The number of hydrogen-bond donors (Lipinski definition) is 2. The van der Waals surface area contributed by atoms with E-state index in [9.17, 15) is 13.2 Å². The maximum Gasteiger partial charge on any atom is 0.243 e. The van der Waals surface area contributed by atoms with Crippen LogP contribution in [0.5, 0.6) is 5.75 Å². The summed E-state index contributed by atoms with van der Waals surface area (Å²) in [6.45, 7) is 0. The molecular formula is C22H20N4O4S2. The quantitative estimate of drug-likeness (QED) is 0.411. The van der Waals surface area contributed by atoms with Crippen molar-refractivity contribution in [3.8, 4) is 5.75 Å². The molecule has 0 spiro atoms. The van der Waals surface area contributed by atoms with Crippen LogP contribution in [0.1, 0.15) is 5.56 Å². The Morgan fingerprint density at radius 2 is 1.75 bits per heavy atom. The molecule has 32 heavy (non-hydrogen) atoms. The smallest absolute Gasteiger partial charge is 0.243 e. The van der Waals surface area contributed by atoms with E-state index in [1.165, 1.54) is 6.07 Å². The van der Waals surface area contributed by atoms with Gasteiger partial charge in [-0.05, 0) is 48.4 Å². The Labute approximate surface area is 189 Å². The van der Waals surface area contributed by atoms with Gasteiger partial charge in [-0.2, -0.15) is 13.5 Å². The van der Waals surface area contributed by atoms with Gasteiger partial charge in [-0.25, -0.2) is 8.42 Å². The first-order valence-electron chi connectivity index (χ1n) is 9.69. The number of amides is 1. The fraction of sp³-hybridized carbons (Fsp3) is 0.136. The molecule has 4 aromatic rings. The molecule has 3 aromatic carbocycles. The van der Waals surface area contributed by atoms with E-state index in [4.69, 9.17) is 4.74 Å². The number of fused-ring (bicyclic) bond motifs is 1. The molecule has 0 saturated heterocycles. The molecular weight excluding hydrogens is 448 g/mol. The SMILES string of the molecule is COc1ccc(NC(=O)C(Cc2ccccc2)NS(=O)(=O)c2cccc3nsnc23)cc1. The second-order valence-electron chi connectivity index (χ2n) is 6.97. The number of carbonyl (C=O) groups excluding carboxylic acids is 1. The minimum Gasteiger partial charge on any atom is -0.497 e. The summed E-state index contributed by atoms with van der Waals surface area (Å²) < 4.78 is 42.3. The van der Waals surface area contributed by atoms with E-state index in [2.05, 4.69) is 18.8 Å². The number of benzene rings is 3. The van der Waals surface area contributed by atoms with Crippen LogP contribution in [0.25, 0.3) is 11.0 Å². The number of methoxy groups -OCH3 is 1. The summed E-state index contributed by atoms with van der Waals surface area (Å²) in [5, 5.41) is 2.77. The molecule has 0 aliphatic rings. The molecule has 4 rings (SSSR count). The monoisotopic (exact) mass is 468 g/mol. The summed E-state index contributed by atoms with van der Waals surface area (Å²) in [4.78, 5) is 13.1. The summed E-state index contributed by atoms with van der Waals surface area (Å²) in [6, 6.07) is 19.7. The van der Waals surface area contributed by atoms with Crippen molar-refractivity contribution < 1.29 is 17.9 Å². The molecule has 0 fully saturated rings. The van der Waals surface area contributed by atoms with Crippen molar-refractivity contribution in [2.75, 3.05) is 12.4 Å². The van der Waals surface area contributed by atoms with Crippen molar-refractivity contribution in [1.82, 2.24) is 13.5 Å². The summed E-state index contributed by atoms with van der Waals surface area (Å²) in [5.74, 6) is 0.167. The van der Waals surface area contributed by atoms with E-state index in [-0.39, 0.29) is 16.8 Å². The van der Waals surface area contributed by atoms with Crippen LogP contribution in [0.3, 0.4) is 0 Å². The molecule has 1 aromatic heterocycles. The predicted octanol–water partition coefficient (Wildman–Crippen LogP) is 3.23. The minimum atomic E-state index is -4.05. The number of carbonyl (C=O) groups is 1. The molecule has 164 valence electrons. The zero-order valence-electron chi connectivity index (χ0n) is 17.1. The second-order valence-corrected chi connectivity index (χ2v) is 9.18. The van der Waals surface area contributed by atoms with Crippen LogP contribution in [-0.2, 0) is 21.2 Å². The van der Waals surface area contributed by atoms with Gasteiger partial charge >= 0.3 is 0 Å². The number of rotatable bonds is 8. The molecule has 0 radical (unpaired) electrons. The van der Waals surface area contributed by atoms with E-state index in [1.807, 2.05) is 30.3 Å². The summed E-state index contributed by atoms with van der Waals surface area (Å²) in [5.41, 5.74) is 2.11. The van der Waals surface area contributed by atoms with Gasteiger partial charge in [-0.15, -0.1) is 0 Å². The summed E-state index contributed by atoms with van der Waals surface area (Å²) in [7, 11) is -2.50. The van der Waals surface area contributed by atoms with Crippen molar-refractivity contribution in [2.45, 2.75) is 17.4 Å². The van der Waals surface area contributed by atoms with Crippen LogP contribution in [0.15, 0.2) is 77.7 Å². The lowest BCUT2D eigenvalue weighted by Gasteiger charge is -2.19. The molecule has 10 heteroatoms. The number of nitrogens with one attached hydrogen (secondary N) is 2. The minimum absolute atomic E-state index is 0.0148. The zero-order valence-corrected chi connectivity index (χ0v) is 18.7. The number of hydrogen-bond acceptors (Lipinski definition) is 7. The van der Waals surface area contributed by atoms with Crippen LogP contribution >= 0.6 is 11.7 Å². The Hall–Kier alpha value is -3.34. The number of anilines is 1. The molecule has 1 unspecified atom stereocenters. The first-order chi connectivity index (χ1) is 15.5. The molecule has 0 aliphatic carbocycles. The highest BCUT2D eigenvalue weighted by Crippen LogP contribution is 2.22. The van der Waals surface area contributed by atoms with E-state index < -0.39 is 22.0 Å². The average molecular weight is 469 g/mol. The summed E-state index contributed by atoms with van der Waals surface area (Å²) >= 11 is 0.934. The molecule has 2 N–H and O–H groups in total. The van der Waals surface area contributed by atoms with E-state index in [0.717, 1.165) is 17.3 Å². The Bertz CT molecular complexity index is 1320. The molecule has 1 heterocycles. The lowest BCUT2D eigenvalue weighted by Crippen LogP contribution is -2.45. The first-order valence-corrected chi connectivity index (χ1v) is 11.9. The van der Waals surface area contributed by atoms with Crippen molar-refractivity contribution in [3.63, 3.8) is 0 Å². The van der Waals surface area contributed by atoms with E-state index in [0.29, 0.717) is 17.0 Å². The Morgan fingerprint density at radius 1 is 1.00 bits per heavy atom. The first kappa shape index (κ1) is 21.9. The van der Waals surface area contributed by atoms with Crippen LogP contribution in [0.2, 0.25) is 0 Å². The van der Waals surface area contributed by atoms with Gasteiger partial charge in [0.15, 0.2) is 0 Å². The van der Waals surface area contributed by atoms with Crippen LogP contribution < -0.4 is 14.8 Å². The van der Waals surface area contributed by atoms with Gasteiger partial charge in [0.2, 0.25) is 15.9 Å². The summed E-state index contributed by atoms with van der Waals surface area (Å²) in [6.07, 6.45) is 0.174. The van der Waals surface area contributed by atoms with E-state index >= 15 is 0 Å². The maximum atomic E-state index is 13.2. The largest absolute Gasteiger partial charge is 0.497 e. The highest BCUT2D eigenvalue weighted by atomic mass is 32.2. The van der Waals surface area contributed by atoms with Crippen LogP contribution in [0.4, 0.5) is 5.69 Å². The number of aromatic nitrogens is 2. The number of ether oxygens (including phenoxy) is 1. The Balaban J connectivity index is 1.62. The van der Waals surface area contributed by atoms with Gasteiger partial charge in [-0.1, -0.05) is 36.4 Å². The van der Waals surface area contributed by atoms with Crippen molar-refractivity contribution in [2.24, 2.45) is 0 Å². The van der Waals surface area contributed by atoms with Gasteiger partial charge in [0.05, 0.1) is 18.8 Å². The molecule has 1 amide bonds. The Morgan fingerprint density at radius 3 is 2.47 bits per heavy atom. The van der Waals surface area contributed by atoms with Gasteiger partial charge in [-0.3, -0.25) is 4.79 Å². The lowest BCUT2D eigenvalue weighted by atomic mass is 10.1. The average Bonchev–Trinajstić information content (AvgIpc) is 3.28. The fourth-order valence-electron chi connectivity index (χ4n) is 3.19. The molecule has 0 saturated carbocycles. The topological polar surface area (TPSA) is 110 Å². The molecule has 0 bridgehead atoms. The molecule has 8 nitrogen and oxygen atoms in total. The van der Waals surface area contributed by atoms with Gasteiger partial charge in [0, 0.05) is 5.69 Å². The second kappa shape index (κ2) is 9.43. The van der Waals surface area contributed by atoms with Crippen LogP contribution in [-0.4, -0.2) is 36.2 Å². The third kappa shape index (κ3) is 4.93. The van der Waals surface area contributed by atoms with Crippen molar-refractivity contribution >= 4 is 44.4 Å². The fourth-order valence-corrected chi connectivity index (χ4v) is 5.15. The molecule has 1 atom stereocenters. The molecule has 0 aliphatic heterocycles. The van der Waals surface area contributed by atoms with Crippen LogP contribution in [0, 0.1) is 0 Å². The lowest BCUT2D eigenvalue weighted by molar-refractivity contribution is -0.117. The van der Waals surface area contributed by atoms with Crippen molar-refractivity contribution in [3.05, 3.63) is 78.4 Å². The van der Waals surface area contributed by atoms with Gasteiger partial charge in [0.1, 0.15) is 27.7 Å². The predicted molar refractivity (Wildman–Crippen MR) is 123 cm³/mol. The third-order valence-corrected chi connectivity index (χ3v) is 6.84. The van der Waals surface area contributed by atoms with E-state index in [1.54, 1.807) is 43.5 Å². The third-order valence-electron chi connectivity index (χ3n) is 4.79. The standard InChI is InChI=1S/C22H20N4O4S2/c1-30-17-12-10-16(11-13-17)23-22(27)19(14-15-6-3-2-4-7-15)26-32(28,29)20-9-5-8-18-21(20)25-31-24-18/h2-13,19,26H,14H2,1H3,(H,23,27). The van der Waals surface area contributed by atoms with Gasteiger partial charge < -0.3 is 10.1 Å². The highest BCUT2D eigenvalue weighted by Gasteiger charge is 2.28. The normalized spacial score (nSPS) is 12.4. The maximum absolute atomic E-state index is 13.2. The van der Waals surface area contributed by atoms with Gasteiger partial charge in [0.25, 0.3) is 0 Å². The number of sulfonamides is 1. The highest BCUT2D eigenvalue weighted by molar-refractivity contribution is 7.89. The zero-order chi connectivity index (χ0) is 22.6. The number of nitrogens with zero attached hydrogens (tertiary/aromatic N) is 2. The Kier molecular flexibility index (Phi) is 6.45. The van der Waals surface area contributed by atoms with Crippen molar-refractivity contribution in [1.29, 1.82) is 0 Å².